The van der Waals surface area contributed by atoms with E-state index in [1.165, 1.54) is 6.42 Å². The number of aromatic nitrogens is 1. The first-order chi connectivity index (χ1) is 12.3. The van der Waals surface area contributed by atoms with E-state index in [1.54, 1.807) is 7.11 Å². The molecular formula is C20H27N3O2. The Hall–Kier alpha value is -2.27. The molecule has 5 heteroatoms. The molecule has 0 atom stereocenters. The molecule has 0 spiro atoms. The SMILES string of the molecule is COc1ccc(OCCCCN2CCN(c3ccccn3)CC2)cc1. The molecule has 0 saturated carbocycles. The van der Waals surface area contributed by atoms with Crippen molar-refractivity contribution < 1.29 is 9.47 Å². The highest BCUT2D eigenvalue weighted by molar-refractivity contribution is 5.38. The van der Waals surface area contributed by atoms with Crippen molar-refractivity contribution in [3.63, 3.8) is 0 Å². The van der Waals surface area contributed by atoms with E-state index in [9.17, 15) is 0 Å². The van der Waals surface area contributed by atoms with Crippen LogP contribution in [0.2, 0.25) is 0 Å². The quantitative estimate of drug-likeness (QED) is 0.690. The first-order valence-electron chi connectivity index (χ1n) is 9.00. The van der Waals surface area contributed by atoms with Gasteiger partial charge in [0.1, 0.15) is 17.3 Å². The van der Waals surface area contributed by atoms with Crippen molar-refractivity contribution in [3.05, 3.63) is 48.7 Å². The second kappa shape index (κ2) is 9.28. The van der Waals surface area contributed by atoms with Crippen molar-refractivity contribution in [2.75, 3.05) is 51.3 Å². The number of rotatable bonds is 8. The zero-order chi connectivity index (χ0) is 17.3. The number of anilines is 1. The van der Waals surface area contributed by atoms with Crippen LogP contribution in [0.3, 0.4) is 0 Å². The van der Waals surface area contributed by atoms with Crippen LogP contribution >= 0.6 is 0 Å². The topological polar surface area (TPSA) is 37.8 Å². The van der Waals surface area contributed by atoms with Gasteiger partial charge in [-0.05, 0) is 55.8 Å². The van der Waals surface area contributed by atoms with Crippen LogP contribution in [0.15, 0.2) is 48.7 Å². The van der Waals surface area contributed by atoms with E-state index in [0.29, 0.717) is 0 Å². The molecule has 0 amide bonds. The summed E-state index contributed by atoms with van der Waals surface area (Å²) in [6.07, 6.45) is 4.11. The average molecular weight is 341 g/mol. The Morgan fingerprint density at radius 3 is 2.36 bits per heavy atom. The van der Waals surface area contributed by atoms with Crippen LogP contribution in [-0.2, 0) is 0 Å². The summed E-state index contributed by atoms with van der Waals surface area (Å²) in [6, 6.07) is 13.9. The van der Waals surface area contributed by atoms with Gasteiger partial charge in [0.15, 0.2) is 0 Å². The van der Waals surface area contributed by atoms with Crippen LogP contribution in [0.1, 0.15) is 12.8 Å². The highest BCUT2D eigenvalue weighted by Gasteiger charge is 2.17. The van der Waals surface area contributed by atoms with Crippen LogP contribution < -0.4 is 14.4 Å². The second-order valence-corrected chi connectivity index (χ2v) is 6.25. The lowest BCUT2D eigenvalue weighted by atomic mass is 10.2. The molecule has 3 rings (SSSR count). The summed E-state index contributed by atoms with van der Waals surface area (Å²) < 4.78 is 10.9. The van der Waals surface area contributed by atoms with Crippen LogP contribution in [0.4, 0.5) is 5.82 Å². The molecule has 25 heavy (non-hydrogen) atoms. The van der Waals surface area contributed by atoms with Crippen molar-refractivity contribution in [2.24, 2.45) is 0 Å². The van der Waals surface area contributed by atoms with Crippen LogP contribution in [-0.4, -0.2) is 56.3 Å². The summed E-state index contributed by atoms with van der Waals surface area (Å²) in [5.41, 5.74) is 0. The molecule has 0 radical (unpaired) electrons. The highest BCUT2D eigenvalue weighted by Crippen LogP contribution is 2.17. The highest BCUT2D eigenvalue weighted by atomic mass is 16.5. The Bertz CT molecular complexity index is 611. The fourth-order valence-corrected chi connectivity index (χ4v) is 3.04. The number of ether oxygens (including phenoxy) is 2. The minimum Gasteiger partial charge on any atom is -0.497 e. The fraction of sp³-hybridized carbons (Fsp3) is 0.450. The van der Waals surface area contributed by atoms with Gasteiger partial charge in [-0.1, -0.05) is 6.07 Å². The Morgan fingerprint density at radius 2 is 1.68 bits per heavy atom. The van der Waals surface area contributed by atoms with Gasteiger partial charge in [0.2, 0.25) is 0 Å². The minimum atomic E-state index is 0.764. The van der Waals surface area contributed by atoms with E-state index < -0.39 is 0 Å². The van der Waals surface area contributed by atoms with E-state index in [-0.39, 0.29) is 0 Å². The fourth-order valence-electron chi connectivity index (χ4n) is 3.04. The predicted molar refractivity (Wildman–Crippen MR) is 101 cm³/mol. The van der Waals surface area contributed by atoms with Crippen molar-refractivity contribution in [3.8, 4) is 11.5 Å². The minimum absolute atomic E-state index is 0.764. The normalized spacial score (nSPS) is 15.2. The zero-order valence-electron chi connectivity index (χ0n) is 14.9. The summed E-state index contributed by atoms with van der Waals surface area (Å²) >= 11 is 0. The first kappa shape index (κ1) is 17.5. The maximum Gasteiger partial charge on any atom is 0.128 e. The van der Waals surface area contributed by atoms with Crippen LogP contribution in [0.5, 0.6) is 11.5 Å². The van der Waals surface area contributed by atoms with E-state index in [2.05, 4.69) is 26.9 Å². The molecule has 1 saturated heterocycles. The number of benzene rings is 1. The van der Waals surface area contributed by atoms with Crippen molar-refractivity contribution in [2.45, 2.75) is 12.8 Å². The molecule has 2 aromatic rings. The third kappa shape index (κ3) is 5.36. The molecule has 1 aromatic carbocycles. The summed E-state index contributed by atoms with van der Waals surface area (Å²) in [7, 11) is 1.67. The predicted octanol–water partition coefficient (Wildman–Crippen LogP) is 3.07. The number of hydrogen-bond acceptors (Lipinski definition) is 5. The van der Waals surface area contributed by atoms with Gasteiger partial charge in [-0.15, -0.1) is 0 Å². The van der Waals surface area contributed by atoms with Gasteiger partial charge < -0.3 is 14.4 Å². The van der Waals surface area contributed by atoms with Gasteiger partial charge in [-0.25, -0.2) is 4.98 Å². The standard InChI is InChI=1S/C20H27N3O2/c1-24-18-7-9-19(10-8-18)25-17-5-4-12-22-13-15-23(16-14-22)20-6-2-3-11-21-20/h2-3,6-11H,4-5,12-17H2,1H3. The lowest BCUT2D eigenvalue weighted by Gasteiger charge is -2.35. The summed E-state index contributed by atoms with van der Waals surface area (Å²) in [6.45, 7) is 6.23. The number of nitrogens with zero attached hydrogens (tertiary/aromatic N) is 3. The van der Waals surface area contributed by atoms with E-state index in [4.69, 9.17) is 9.47 Å². The van der Waals surface area contributed by atoms with E-state index in [0.717, 1.165) is 63.1 Å². The molecule has 134 valence electrons. The van der Waals surface area contributed by atoms with Crippen molar-refractivity contribution in [1.82, 2.24) is 9.88 Å². The number of unbranched alkanes of at least 4 members (excludes halogenated alkanes) is 1. The maximum absolute atomic E-state index is 5.78. The molecule has 2 heterocycles. The van der Waals surface area contributed by atoms with Gasteiger partial charge in [0, 0.05) is 32.4 Å². The number of pyridine rings is 1. The molecule has 1 aromatic heterocycles. The number of piperazine rings is 1. The lowest BCUT2D eigenvalue weighted by Crippen LogP contribution is -2.46. The van der Waals surface area contributed by atoms with E-state index >= 15 is 0 Å². The number of hydrogen-bond donors (Lipinski definition) is 0. The van der Waals surface area contributed by atoms with Gasteiger partial charge in [0.25, 0.3) is 0 Å². The average Bonchev–Trinajstić information content (AvgIpc) is 2.69. The number of methoxy groups -OCH3 is 1. The van der Waals surface area contributed by atoms with E-state index in [1.807, 2.05) is 36.5 Å². The summed E-state index contributed by atoms with van der Waals surface area (Å²) in [5.74, 6) is 2.86. The summed E-state index contributed by atoms with van der Waals surface area (Å²) in [4.78, 5) is 9.34. The molecule has 0 N–H and O–H groups in total. The summed E-state index contributed by atoms with van der Waals surface area (Å²) in [5, 5.41) is 0. The van der Waals surface area contributed by atoms with Crippen molar-refractivity contribution in [1.29, 1.82) is 0 Å². The Morgan fingerprint density at radius 1 is 0.920 bits per heavy atom. The lowest BCUT2D eigenvalue weighted by molar-refractivity contribution is 0.238. The third-order valence-corrected chi connectivity index (χ3v) is 4.54. The first-order valence-corrected chi connectivity index (χ1v) is 9.00. The second-order valence-electron chi connectivity index (χ2n) is 6.25. The van der Waals surface area contributed by atoms with Crippen LogP contribution in [0.25, 0.3) is 0 Å². The molecule has 1 aliphatic rings. The monoisotopic (exact) mass is 341 g/mol. The van der Waals surface area contributed by atoms with Crippen LogP contribution in [0, 0.1) is 0 Å². The smallest absolute Gasteiger partial charge is 0.128 e. The maximum atomic E-state index is 5.78. The molecule has 5 nitrogen and oxygen atoms in total. The molecule has 1 fully saturated rings. The largest absolute Gasteiger partial charge is 0.497 e. The third-order valence-electron chi connectivity index (χ3n) is 4.54. The van der Waals surface area contributed by atoms with Gasteiger partial charge in [-0.2, -0.15) is 0 Å². The molecule has 0 bridgehead atoms. The Kier molecular flexibility index (Phi) is 6.51. The van der Waals surface area contributed by atoms with Gasteiger partial charge in [0.05, 0.1) is 13.7 Å². The molecule has 1 aliphatic heterocycles. The molecule has 0 unspecified atom stereocenters. The van der Waals surface area contributed by atoms with Crippen molar-refractivity contribution >= 4 is 5.82 Å². The molecular weight excluding hydrogens is 314 g/mol. The Balaban J connectivity index is 1.28. The van der Waals surface area contributed by atoms with Gasteiger partial charge >= 0.3 is 0 Å². The molecule has 0 aliphatic carbocycles. The zero-order valence-corrected chi connectivity index (χ0v) is 14.9. The van der Waals surface area contributed by atoms with Gasteiger partial charge in [-0.3, -0.25) is 4.90 Å². The Labute approximate surface area is 150 Å².